The SMILES string of the molecule is CN(CC(=O)O)c1cc(-c2ccccc2)c2cc(CCc3ccncc3)ccc2n1. The van der Waals surface area contributed by atoms with Gasteiger partial charge in [-0.15, -0.1) is 0 Å². The van der Waals surface area contributed by atoms with E-state index in [9.17, 15) is 4.79 Å². The zero-order chi connectivity index (χ0) is 20.9. The number of fused-ring (bicyclic) bond motifs is 1. The summed E-state index contributed by atoms with van der Waals surface area (Å²) >= 11 is 0. The van der Waals surface area contributed by atoms with E-state index in [4.69, 9.17) is 10.1 Å². The van der Waals surface area contributed by atoms with Gasteiger partial charge in [0.1, 0.15) is 12.4 Å². The van der Waals surface area contributed by atoms with Crippen LogP contribution in [0.25, 0.3) is 22.0 Å². The Balaban J connectivity index is 1.75. The van der Waals surface area contributed by atoms with Crippen LogP contribution in [0.3, 0.4) is 0 Å². The first kappa shape index (κ1) is 19.6. The molecule has 5 heteroatoms. The molecule has 1 N–H and O–H groups in total. The summed E-state index contributed by atoms with van der Waals surface area (Å²) in [6.45, 7) is -0.100. The number of hydrogen-bond acceptors (Lipinski definition) is 4. The summed E-state index contributed by atoms with van der Waals surface area (Å²) in [5, 5.41) is 10.2. The van der Waals surface area contributed by atoms with E-state index < -0.39 is 5.97 Å². The van der Waals surface area contributed by atoms with Crippen LogP contribution >= 0.6 is 0 Å². The molecule has 0 saturated heterocycles. The van der Waals surface area contributed by atoms with Crippen molar-refractivity contribution in [2.24, 2.45) is 0 Å². The average molecular weight is 397 g/mol. The highest BCUT2D eigenvalue weighted by molar-refractivity contribution is 5.96. The Morgan fingerprint density at radius 2 is 1.67 bits per heavy atom. The first-order valence-electron chi connectivity index (χ1n) is 9.91. The van der Waals surface area contributed by atoms with Crippen LogP contribution in [-0.2, 0) is 17.6 Å². The molecule has 150 valence electrons. The van der Waals surface area contributed by atoms with Crippen molar-refractivity contribution in [3.63, 3.8) is 0 Å². The zero-order valence-corrected chi connectivity index (χ0v) is 16.8. The lowest BCUT2D eigenvalue weighted by Crippen LogP contribution is -2.26. The molecule has 0 amide bonds. The number of aromatic nitrogens is 2. The molecule has 2 heterocycles. The fourth-order valence-corrected chi connectivity index (χ4v) is 3.59. The first-order chi connectivity index (χ1) is 14.6. The maximum atomic E-state index is 11.2. The summed E-state index contributed by atoms with van der Waals surface area (Å²) in [5.41, 5.74) is 5.50. The van der Waals surface area contributed by atoms with Crippen LogP contribution in [0, 0.1) is 0 Å². The number of pyridine rings is 2. The molecule has 2 aromatic carbocycles. The van der Waals surface area contributed by atoms with Crippen molar-refractivity contribution in [1.82, 2.24) is 9.97 Å². The number of anilines is 1. The summed E-state index contributed by atoms with van der Waals surface area (Å²) in [7, 11) is 1.75. The normalized spacial score (nSPS) is 10.8. The summed E-state index contributed by atoms with van der Waals surface area (Å²) in [4.78, 5) is 21.6. The van der Waals surface area contributed by atoms with Crippen molar-refractivity contribution in [1.29, 1.82) is 0 Å². The van der Waals surface area contributed by atoms with E-state index >= 15 is 0 Å². The summed E-state index contributed by atoms with van der Waals surface area (Å²) in [6.07, 6.45) is 5.51. The lowest BCUT2D eigenvalue weighted by Gasteiger charge is -2.18. The molecule has 0 spiro atoms. The minimum absolute atomic E-state index is 0.100. The van der Waals surface area contributed by atoms with Gasteiger partial charge in [-0.1, -0.05) is 36.4 Å². The van der Waals surface area contributed by atoms with Crippen LogP contribution in [0.15, 0.2) is 79.1 Å². The van der Waals surface area contributed by atoms with Gasteiger partial charge >= 0.3 is 5.97 Å². The molecule has 0 fully saturated rings. The Labute approximate surface area is 175 Å². The first-order valence-corrected chi connectivity index (χ1v) is 9.91. The van der Waals surface area contributed by atoms with Crippen molar-refractivity contribution >= 4 is 22.7 Å². The second kappa shape index (κ2) is 8.74. The van der Waals surface area contributed by atoms with Gasteiger partial charge in [0.25, 0.3) is 0 Å². The van der Waals surface area contributed by atoms with Crippen molar-refractivity contribution in [2.45, 2.75) is 12.8 Å². The molecule has 0 aliphatic rings. The monoisotopic (exact) mass is 397 g/mol. The smallest absolute Gasteiger partial charge is 0.323 e. The maximum absolute atomic E-state index is 11.2. The van der Waals surface area contributed by atoms with Crippen LogP contribution in [0.4, 0.5) is 5.82 Å². The molecule has 4 aromatic rings. The number of aryl methyl sites for hydroxylation is 2. The van der Waals surface area contributed by atoms with Gasteiger partial charge in [0.2, 0.25) is 0 Å². The Morgan fingerprint density at radius 3 is 2.40 bits per heavy atom. The third kappa shape index (κ3) is 4.46. The largest absolute Gasteiger partial charge is 0.480 e. The highest BCUT2D eigenvalue weighted by atomic mass is 16.4. The molecule has 2 aromatic heterocycles. The van der Waals surface area contributed by atoms with Gasteiger partial charge < -0.3 is 10.0 Å². The molecule has 30 heavy (non-hydrogen) atoms. The number of carbonyl (C=O) groups is 1. The number of aliphatic carboxylic acids is 1. The van der Waals surface area contributed by atoms with Gasteiger partial charge in [0.15, 0.2) is 0 Å². The molecule has 0 radical (unpaired) electrons. The van der Waals surface area contributed by atoms with E-state index in [-0.39, 0.29) is 6.54 Å². The van der Waals surface area contributed by atoms with E-state index in [1.807, 2.05) is 54.9 Å². The lowest BCUT2D eigenvalue weighted by atomic mass is 9.97. The fraction of sp³-hybridized carbons (Fsp3) is 0.160. The molecule has 0 atom stereocenters. The van der Waals surface area contributed by atoms with E-state index in [1.165, 1.54) is 11.1 Å². The van der Waals surface area contributed by atoms with E-state index in [1.54, 1.807) is 11.9 Å². The number of rotatable bonds is 7. The van der Waals surface area contributed by atoms with E-state index in [2.05, 4.69) is 29.2 Å². The van der Waals surface area contributed by atoms with E-state index in [0.29, 0.717) is 5.82 Å². The maximum Gasteiger partial charge on any atom is 0.323 e. The molecule has 0 aliphatic carbocycles. The Hall–Kier alpha value is -3.73. The van der Waals surface area contributed by atoms with Crippen LogP contribution in [-0.4, -0.2) is 34.6 Å². The van der Waals surface area contributed by atoms with Crippen molar-refractivity contribution in [2.75, 3.05) is 18.5 Å². The van der Waals surface area contributed by atoms with Crippen LogP contribution in [0.5, 0.6) is 0 Å². The van der Waals surface area contributed by atoms with Crippen LogP contribution in [0.2, 0.25) is 0 Å². The second-order valence-corrected chi connectivity index (χ2v) is 7.35. The predicted molar refractivity (Wildman–Crippen MR) is 120 cm³/mol. The Bertz CT molecular complexity index is 1160. The van der Waals surface area contributed by atoms with Gasteiger partial charge in [0.05, 0.1) is 5.52 Å². The molecule has 0 saturated carbocycles. The molecule has 0 aliphatic heterocycles. The third-order valence-electron chi connectivity index (χ3n) is 5.16. The second-order valence-electron chi connectivity index (χ2n) is 7.35. The number of hydrogen-bond donors (Lipinski definition) is 1. The minimum Gasteiger partial charge on any atom is -0.480 e. The van der Waals surface area contributed by atoms with Gasteiger partial charge in [-0.05, 0) is 65.4 Å². The zero-order valence-electron chi connectivity index (χ0n) is 16.8. The van der Waals surface area contributed by atoms with Gasteiger partial charge in [-0.3, -0.25) is 9.78 Å². The van der Waals surface area contributed by atoms with Crippen LogP contribution in [0.1, 0.15) is 11.1 Å². The van der Waals surface area contributed by atoms with Crippen LogP contribution < -0.4 is 4.90 Å². The van der Waals surface area contributed by atoms with Crippen molar-refractivity contribution < 1.29 is 9.90 Å². The molecule has 5 nitrogen and oxygen atoms in total. The fourth-order valence-electron chi connectivity index (χ4n) is 3.59. The number of nitrogens with zero attached hydrogens (tertiary/aromatic N) is 3. The van der Waals surface area contributed by atoms with Crippen molar-refractivity contribution in [3.05, 3.63) is 90.3 Å². The number of carboxylic acids is 1. The Morgan fingerprint density at radius 1 is 0.933 bits per heavy atom. The number of carboxylic acid groups (broad SMARTS) is 1. The Kier molecular flexibility index (Phi) is 5.70. The van der Waals surface area contributed by atoms with Gasteiger partial charge in [-0.25, -0.2) is 4.98 Å². The summed E-state index contributed by atoms with van der Waals surface area (Å²) < 4.78 is 0. The topological polar surface area (TPSA) is 66.3 Å². The van der Waals surface area contributed by atoms with Gasteiger partial charge in [-0.2, -0.15) is 0 Å². The number of likely N-dealkylation sites (N-methyl/N-ethyl adjacent to an activating group) is 1. The van der Waals surface area contributed by atoms with Crippen molar-refractivity contribution in [3.8, 4) is 11.1 Å². The highest BCUT2D eigenvalue weighted by Crippen LogP contribution is 2.32. The minimum atomic E-state index is -0.882. The number of benzene rings is 2. The lowest BCUT2D eigenvalue weighted by molar-refractivity contribution is -0.135. The predicted octanol–water partition coefficient (Wildman–Crippen LogP) is 4.60. The summed E-state index contributed by atoms with van der Waals surface area (Å²) in [6, 6.07) is 22.5. The molecule has 0 bridgehead atoms. The highest BCUT2D eigenvalue weighted by Gasteiger charge is 2.13. The summed E-state index contributed by atoms with van der Waals surface area (Å²) in [5.74, 6) is -0.236. The van der Waals surface area contributed by atoms with Gasteiger partial charge in [0, 0.05) is 24.8 Å². The molecular weight excluding hydrogens is 374 g/mol. The standard InChI is InChI=1S/C25H23N3O2/c1-28(17-25(29)30)24-16-21(20-5-3-2-4-6-20)22-15-19(9-10-23(22)27-24)8-7-18-11-13-26-14-12-18/h2-6,9-16H,7-8,17H2,1H3,(H,29,30). The molecule has 0 unspecified atom stereocenters. The van der Waals surface area contributed by atoms with E-state index in [0.717, 1.165) is 34.9 Å². The quantitative estimate of drug-likeness (QED) is 0.494. The average Bonchev–Trinajstić information content (AvgIpc) is 2.77. The molecule has 4 rings (SSSR count). The molecular formula is C25H23N3O2. The third-order valence-corrected chi connectivity index (χ3v) is 5.16.